The number of anilines is 2. The van der Waals surface area contributed by atoms with Gasteiger partial charge in [0.1, 0.15) is 11.5 Å². The number of imide groups is 2. The monoisotopic (exact) mass is 514 g/mol. The molecule has 2 heterocycles. The quantitative estimate of drug-likeness (QED) is 0.263. The lowest BCUT2D eigenvalue weighted by Crippen LogP contribution is -2.50. The second-order valence-electron chi connectivity index (χ2n) is 9.85. The molecule has 4 amide bonds. The second-order valence-corrected chi connectivity index (χ2v) is 9.85. The minimum absolute atomic E-state index is 0.195. The van der Waals surface area contributed by atoms with Gasteiger partial charge < -0.3 is 9.47 Å². The maximum absolute atomic E-state index is 13.7. The fourth-order valence-corrected chi connectivity index (χ4v) is 6.44. The number of hydrogen-bond donors (Lipinski definition) is 0. The fraction of sp³-hybridized carbons (Fsp3) is 0.286. The van der Waals surface area contributed by atoms with Crippen molar-refractivity contribution >= 4 is 46.9 Å². The summed E-state index contributed by atoms with van der Waals surface area (Å²) < 4.78 is 10.2. The van der Waals surface area contributed by atoms with Gasteiger partial charge in [-0.05, 0) is 24.3 Å². The molecule has 6 atom stereocenters. The number of carbonyl (C=O) groups is 6. The van der Waals surface area contributed by atoms with Crippen LogP contribution in [-0.2, 0) is 28.8 Å². The van der Waals surface area contributed by atoms with Crippen LogP contribution in [0.15, 0.2) is 60.7 Å². The van der Waals surface area contributed by atoms with Crippen LogP contribution in [-0.4, -0.2) is 35.6 Å². The van der Waals surface area contributed by atoms with E-state index in [0.717, 1.165) is 9.80 Å². The van der Waals surface area contributed by atoms with Crippen molar-refractivity contribution in [2.45, 2.75) is 13.8 Å². The number of benzene rings is 2. The highest BCUT2D eigenvalue weighted by Crippen LogP contribution is 2.58. The summed E-state index contributed by atoms with van der Waals surface area (Å²) >= 11 is 0. The molecule has 0 N–H and O–H groups in total. The average molecular weight is 514 g/mol. The zero-order valence-corrected chi connectivity index (χ0v) is 20.4. The molecular weight excluding hydrogens is 492 g/mol. The molecule has 5 aliphatic rings. The molecule has 2 aromatic carbocycles. The van der Waals surface area contributed by atoms with Crippen LogP contribution in [0.2, 0.25) is 0 Å². The first-order chi connectivity index (χ1) is 18.2. The summed E-state index contributed by atoms with van der Waals surface area (Å²) in [6.07, 6.45) is 3.56. The SMILES string of the molecule is CC(=O)Oc1cccc(N2C(=O)[C@@H]3C4C=CC([C@H]3C2=O)[C@@H]2C(=O)N(c3cccc(OC(C)=O)c3)C(=O)[C@@H]42)c1. The number of rotatable bonds is 4. The molecule has 3 aliphatic carbocycles. The molecule has 2 saturated heterocycles. The van der Waals surface area contributed by atoms with Crippen molar-refractivity contribution in [1.82, 2.24) is 0 Å². The maximum atomic E-state index is 13.7. The highest BCUT2D eigenvalue weighted by atomic mass is 16.5. The molecule has 2 unspecified atom stereocenters. The third-order valence-electron chi connectivity index (χ3n) is 7.68. The van der Waals surface area contributed by atoms with Crippen LogP contribution in [0.5, 0.6) is 11.5 Å². The Labute approximate surface area is 216 Å². The third-order valence-corrected chi connectivity index (χ3v) is 7.68. The third kappa shape index (κ3) is 3.40. The Kier molecular flexibility index (Phi) is 5.30. The molecule has 0 spiro atoms. The Morgan fingerprint density at radius 2 is 0.947 bits per heavy atom. The minimum Gasteiger partial charge on any atom is -0.427 e. The van der Waals surface area contributed by atoms with Crippen LogP contribution < -0.4 is 19.3 Å². The number of hydrogen-bond acceptors (Lipinski definition) is 8. The van der Waals surface area contributed by atoms with E-state index in [0.29, 0.717) is 0 Å². The van der Waals surface area contributed by atoms with Gasteiger partial charge in [-0.2, -0.15) is 0 Å². The fourth-order valence-electron chi connectivity index (χ4n) is 6.44. The Hall–Kier alpha value is -4.60. The Morgan fingerprint density at radius 3 is 1.26 bits per heavy atom. The zero-order valence-electron chi connectivity index (χ0n) is 20.4. The van der Waals surface area contributed by atoms with Gasteiger partial charge in [-0.1, -0.05) is 24.3 Å². The maximum Gasteiger partial charge on any atom is 0.308 e. The van der Waals surface area contributed by atoms with Gasteiger partial charge in [-0.15, -0.1) is 0 Å². The highest BCUT2D eigenvalue weighted by molar-refractivity contribution is 6.26. The smallest absolute Gasteiger partial charge is 0.308 e. The molecule has 2 aromatic rings. The number of allylic oxidation sites excluding steroid dienone is 2. The standard InChI is InChI=1S/C28H22N2O8/c1-13(31)37-17-7-3-5-15(11-17)29-25(33)21-19-9-10-20(22(21)26(29)34)24-23(19)27(35)30(28(24)36)16-6-4-8-18(12-16)38-14(2)32/h3-12,19-24H,1-2H3/t19?,20?,21-,22-,23+,24+. The Bertz CT molecular complexity index is 1330. The van der Waals surface area contributed by atoms with E-state index >= 15 is 0 Å². The highest BCUT2D eigenvalue weighted by Gasteiger charge is 2.68. The summed E-state index contributed by atoms with van der Waals surface area (Å²) in [5.41, 5.74) is 0.526. The normalized spacial score (nSPS) is 29.0. The average Bonchev–Trinajstić information content (AvgIpc) is 3.30. The molecule has 10 heteroatoms. The molecule has 38 heavy (non-hydrogen) atoms. The van der Waals surface area contributed by atoms with Crippen LogP contribution in [0.4, 0.5) is 11.4 Å². The Morgan fingerprint density at radius 1 is 0.605 bits per heavy atom. The number of carbonyl (C=O) groups excluding carboxylic acids is 6. The van der Waals surface area contributed by atoms with Crippen molar-refractivity contribution in [3.8, 4) is 11.5 Å². The van der Waals surface area contributed by atoms with Crippen LogP contribution in [0.3, 0.4) is 0 Å². The molecule has 3 fully saturated rings. The van der Waals surface area contributed by atoms with Crippen LogP contribution in [0, 0.1) is 35.5 Å². The zero-order chi connectivity index (χ0) is 26.9. The van der Waals surface area contributed by atoms with Gasteiger partial charge in [0.2, 0.25) is 23.6 Å². The number of nitrogens with zero attached hydrogens (tertiary/aromatic N) is 2. The van der Waals surface area contributed by atoms with E-state index in [4.69, 9.17) is 9.47 Å². The van der Waals surface area contributed by atoms with E-state index < -0.39 is 71.1 Å². The van der Waals surface area contributed by atoms with Gasteiger partial charge >= 0.3 is 11.9 Å². The van der Waals surface area contributed by atoms with Gasteiger partial charge in [0.05, 0.1) is 35.0 Å². The van der Waals surface area contributed by atoms with E-state index in [2.05, 4.69) is 0 Å². The minimum atomic E-state index is -0.791. The van der Waals surface area contributed by atoms with Crippen molar-refractivity contribution in [2.24, 2.45) is 35.5 Å². The largest absolute Gasteiger partial charge is 0.427 e. The first-order valence-corrected chi connectivity index (χ1v) is 12.2. The number of amides is 4. The lowest BCUT2D eigenvalue weighted by Gasteiger charge is -2.44. The van der Waals surface area contributed by atoms with Crippen LogP contribution >= 0.6 is 0 Å². The Balaban J connectivity index is 1.34. The molecule has 0 radical (unpaired) electrons. The predicted octanol–water partition coefficient (Wildman–Crippen LogP) is 2.26. The van der Waals surface area contributed by atoms with Crippen molar-refractivity contribution in [2.75, 3.05) is 9.80 Å². The lowest BCUT2D eigenvalue weighted by molar-refractivity contribution is -0.137. The molecule has 10 nitrogen and oxygen atoms in total. The summed E-state index contributed by atoms with van der Waals surface area (Å²) in [4.78, 5) is 79.5. The molecule has 7 rings (SSSR count). The molecule has 2 aliphatic heterocycles. The van der Waals surface area contributed by atoms with Crippen molar-refractivity contribution in [3.63, 3.8) is 0 Å². The van der Waals surface area contributed by atoms with Crippen LogP contribution in [0.1, 0.15) is 13.8 Å². The van der Waals surface area contributed by atoms with Crippen molar-refractivity contribution < 1.29 is 38.2 Å². The predicted molar refractivity (Wildman–Crippen MR) is 131 cm³/mol. The summed E-state index contributed by atoms with van der Waals surface area (Å²) in [5.74, 6) is -6.92. The molecule has 1 saturated carbocycles. The lowest BCUT2D eigenvalue weighted by atomic mass is 9.54. The van der Waals surface area contributed by atoms with E-state index in [1.165, 1.54) is 26.0 Å². The topological polar surface area (TPSA) is 127 Å². The van der Waals surface area contributed by atoms with Crippen LogP contribution in [0.25, 0.3) is 0 Å². The summed E-state index contributed by atoms with van der Waals surface area (Å²) in [5, 5.41) is 0. The summed E-state index contributed by atoms with van der Waals surface area (Å²) in [6.45, 7) is 2.50. The van der Waals surface area contributed by atoms with Crippen molar-refractivity contribution in [1.29, 1.82) is 0 Å². The van der Waals surface area contributed by atoms with Gasteiger partial charge in [-0.3, -0.25) is 28.8 Å². The van der Waals surface area contributed by atoms with Gasteiger partial charge in [0.15, 0.2) is 0 Å². The second kappa shape index (κ2) is 8.47. The van der Waals surface area contributed by atoms with E-state index in [9.17, 15) is 28.8 Å². The van der Waals surface area contributed by atoms with Gasteiger partial charge in [0, 0.05) is 37.8 Å². The first-order valence-electron chi connectivity index (χ1n) is 12.2. The van der Waals surface area contributed by atoms with Gasteiger partial charge in [0.25, 0.3) is 0 Å². The summed E-state index contributed by atoms with van der Waals surface area (Å²) in [6, 6.07) is 12.3. The molecule has 192 valence electrons. The van der Waals surface area contributed by atoms with E-state index in [-0.39, 0.29) is 22.9 Å². The molecule has 2 bridgehead atoms. The number of esters is 2. The molecule has 0 aromatic heterocycles. The van der Waals surface area contributed by atoms with E-state index in [1.807, 2.05) is 0 Å². The molecular formula is C28H22N2O8. The summed E-state index contributed by atoms with van der Waals surface area (Å²) in [7, 11) is 0. The van der Waals surface area contributed by atoms with E-state index in [1.54, 1.807) is 48.6 Å². The number of ether oxygens (including phenoxy) is 2. The first kappa shape index (κ1) is 23.8. The van der Waals surface area contributed by atoms with Crippen molar-refractivity contribution in [3.05, 3.63) is 60.7 Å². The van der Waals surface area contributed by atoms with Gasteiger partial charge in [-0.25, -0.2) is 9.80 Å².